The van der Waals surface area contributed by atoms with E-state index in [2.05, 4.69) is 59.9 Å². The van der Waals surface area contributed by atoms with Crippen LogP contribution < -0.4 is 0 Å². The van der Waals surface area contributed by atoms with E-state index in [1.54, 1.807) is 6.33 Å². The molecule has 0 atom stereocenters. The van der Waals surface area contributed by atoms with Gasteiger partial charge in [-0.05, 0) is 32.5 Å². The molecule has 0 bridgehead atoms. The van der Waals surface area contributed by atoms with Crippen LogP contribution in [0, 0.1) is 0 Å². The molecule has 122 valence electrons. The van der Waals surface area contributed by atoms with Gasteiger partial charge in [-0.3, -0.25) is 0 Å². The van der Waals surface area contributed by atoms with Crippen LogP contribution >= 0.6 is 11.8 Å². The minimum atomic E-state index is -0.131. The van der Waals surface area contributed by atoms with Crippen LogP contribution in [0.3, 0.4) is 0 Å². The van der Waals surface area contributed by atoms with E-state index in [-0.39, 0.29) is 5.54 Å². The molecule has 0 amide bonds. The van der Waals surface area contributed by atoms with Crippen molar-refractivity contribution in [2.24, 2.45) is 7.05 Å². The Bertz CT molecular complexity index is 841. The molecular formula is C15H21N7S. The molecule has 3 heterocycles. The zero-order valence-electron chi connectivity index (χ0n) is 14.3. The van der Waals surface area contributed by atoms with Crippen molar-refractivity contribution in [2.75, 3.05) is 0 Å². The van der Waals surface area contributed by atoms with Gasteiger partial charge in [-0.2, -0.15) is 5.10 Å². The zero-order valence-corrected chi connectivity index (χ0v) is 15.1. The number of fused-ring (bicyclic) bond motifs is 1. The SMILES string of the molecule is CC(C)c1nnc(Sc2ncnc3c2cnn3C(C)(C)C)n1C. The first-order chi connectivity index (χ1) is 10.8. The summed E-state index contributed by atoms with van der Waals surface area (Å²) >= 11 is 1.49. The van der Waals surface area contributed by atoms with E-state index in [9.17, 15) is 0 Å². The highest BCUT2D eigenvalue weighted by atomic mass is 32.2. The van der Waals surface area contributed by atoms with Gasteiger partial charge in [-0.1, -0.05) is 13.8 Å². The molecule has 0 fully saturated rings. The molecule has 3 aromatic rings. The van der Waals surface area contributed by atoms with E-state index in [1.165, 1.54) is 11.8 Å². The summed E-state index contributed by atoms with van der Waals surface area (Å²) in [5.41, 5.74) is 0.703. The molecule has 8 heteroatoms. The second-order valence-electron chi connectivity index (χ2n) is 6.80. The summed E-state index contributed by atoms with van der Waals surface area (Å²) in [6, 6.07) is 0. The van der Waals surface area contributed by atoms with Crippen molar-refractivity contribution in [3.05, 3.63) is 18.3 Å². The molecule has 0 saturated heterocycles. The van der Waals surface area contributed by atoms with E-state index >= 15 is 0 Å². The van der Waals surface area contributed by atoms with Crippen LogP contribution in [0.1, 0.15) is 46.4 Å². The highest BCUT2D eigenvalue weighted by Gasteiger charge is 2.21. The maximum Gasteiger partial charge on any atom is 0.197 e. The van der Waals surface area contributed by atoms with Gasteiger partial charge < -0.3 is 4.57 Å². The smallest absolute Gasteiger partial charge is 0.197 e. The second kappa shape index (κ2) is 5.59. The van der Waals surface area contributed by atoms with Crippen LogP contribution in [0.2, 0.25) is 0 Å². The van der Waals surface area contributed by atoms with Gasteiger partial charge in [-0.25, -0.2) is 14.6 Å². The van der Waals surface area contributed by atoms with Crippen LogP contribution in [-0.2, 0) is 12.6 Å². The van der Waals surface area contributed by atoms with E-state index in [0.29, 0.717) is 5.92 Å². The largest absolute Gasteiger partial charge is 0.309 e. The third kappa shape index (κ3) is 2.83. The molecule has 0 aliphatic carbocycles. The Labute approximate surface area is 139 Å². The van der Waals surface area contributed by atoms with Crippen LogP contribution in [0.4, 0.5) is 0 Å². The van der Waals surface area contributed by atoms with Gasteiger partial charge in [0.2, 0.25) is 0 Å². The van der Waals surface area contributed by atoms with Crippen LogP contribution in [-0.4, -0.2) is 34.5 Å². The molecule has 3 rings (SSSR count). The van der Waals surface area contributed by atoms with Crippen LogP contribution in [0.5, 0.6) is 0 Å². The Hall–Kier alpha value is -1.96. The van der Waals surface area contributed by atoms with E-state index in [4.69, 9.17) is 0 Å². The van der Waals surface area contributed by atoms with Crippen molar-refractivity contribution in [3.63, 3.8) is 0 Å². The molecule has 3 aromatic heterocycles. The molecule has 0 unspecified atom stereocenters. The summed E-state index contributed by atoms with van der Waals surface area (Å²) in [5.74, 6) is 1.29. The predicted octanol–water partition coefficient (Wildman–Crippen LogP) is 2.98. The van der Waals surface area contributed by atoms with Crippen molar-refractivity contribution in [1.82, 2.24) is 34.5 Å². The normalized spacial score (nSPS) is 12.5. The molecule has 23 heavy (non-hydrogen) atoms. The van der Waals surface area contributed by atoms with Crippen molar-refractivity contribution >= 4 is 22.8 Å². The zero-order chi connectivity index (χ0) is 16.8. The lowest BCUT2D eigenvalue weighted by Crippen LogP contribution is -2.23. The first-order valence-electron chi connectivity index (χ1n) is 7.55. The Kier molecular flexibility index (Phi) is 3.87. The lowest BCUT2D eigenvalue weighted by Gasteiger charge is -2.19. The fraction of sp³-hybridized carbons (Fsp3) is 0.533. The molecule has 0 N–H and O–H groups in total. The summed E-state index contributed by atoms with van der Waals surface area (Å²) in [6.45, 7) is 10.5. The topological polar surface area (TPSA) is 74.3 Å². The van der Waals surface area contributed by atoms with Crippen molar-refractivity contribution < 1.29 is 0 Å². The average molecular weight is 331 g/mol. The quantitative estimate of drug-likeness (QED) is 0.687. The van der Waals surface area contributed by atoms with Crippen molar-refractivity contribution in [3.8, 4) is 0 Å². The summed E-state index contributed by atoms with van der Waals surface area (Å²) in [7, 11) is 1.98. The first-order valence-corrected chi connectivity index (χ1v) is 8.37. The lowest BCUT2D eigenvalue weighted by molar-refractivity contribution is 0.366. The number of rotatable bonds is 3. The van der Waals surface area contributed by atoms with Gasteiger partial charge in [-0.15, -0.1) is 10.2 Å². The first kappa shape index (κ1) is 15.9. The Morgan fingerprint density at radius 1 is 1.13 bits per heavy atom. The van der Waals surface area contributed by atoms with E-state index < -0.39 is 0 Å². The third-order valence-electron chi connectivity index (χ3n) is 3.54. The fourth-order valence-corrected chi connectivity index (χ4v) is 3.24. The summed E-state index contributed by atoms with van der Waals surface area (Å²) < 4.78 is 3.93. The summed E-state index contributed by atoms with van der Waals surface area (Å²) in [4.78, 5) is 8.81. The van der Waals surface area contributed by atoms with Crippen molar-refractivity contribution in [2.45, 2.75) is 56.3 Å². The van der Waals surface area contributed by atoms with E-state index in [0.717, 1.165) is 27.0 Å². The Balaban J connectivity index is 2.03. The summed E-state index contributed by atoms with van der Waals surface area (Å²) in [6.07, 6.45) is 3.40. The van der Waals surface area contributed by atoms with E-state index in [1.807, 2.05) is 22.5 Å². The van der Waals surface area contributed by atoms with Crippen LogP contribution in [0.25, 0.3) is 11.0 Å². The number of aromatic nitrogens is 7. The highest BCUT2D eigenvalue weighted by Crippen LogP contribution is 2.31. The molecular weight excluding hydrogens is 310 g/mol. The Morgan fingerprint density at radius 3 is 2.48 bits per heavy atom. The number of hydrogen-bond acceptors (Lipinski definition) is 6. The molecule has 0 radical (unpaired) electrons. The maximum atomic E-state index is 4.48. The molecule has 0 aliphatic rings. The van der Waals surface area contributed by atoms with Gasteiger partial charge >= 0.3 is 0 Å². The fourth-order valence-electron chi connectivity index (χ4n) is 2.40. The van der Waals surface area contributed by atoms with Gasteiger partial charge in [0.25, 0.3) is 0 Å². The molecule has 0 aliphatic heterocycles. The Morgan fingerprint density at radius 2 is 1.87 bits per heavy atom. The molecule has 0 saturated carbocycles. The highest BCUT2D eigenvalue weighted by molar-refractivity contribution is 7.99. The number of nitrogens with zero attached hydrogens (tertiary/aromatic N) is 7. The molecule has 0 spiro atoms. The minimum Gasteiger partial charge on any atom is -0.309 e. The van der Waals surface area contributed by atoms with Gasteiger partial charge in [0.05, 0.1) is 17.1 Å². The lowest BCUT2D eigenvalue weighted by atomic mass is 10.1. The van der Waals surface area contributed by atoms with Gasteiger partial charge in [0.1, 0.15) is 17.2 Å². The number of hydrogen-bond donors (Lipinski definition) is 0. The molecule has 0 aromatic carbocycles. The average Bonchev–Trinajstić information content (AvgIpc) is 3.03. The third-order valence-corrected chi connectivity index (χ3v) is 4.59. The maximum absolute atomic E-state index is 4.48. The van der Waals surface area contributed by atoms with Crippen LogP contribution in [0.15, 0.2) is 22.7 Å². The molecule has 7 nitrogen and oxygen atoms in total. The monoisotopic (exact) mass is 331 g/mol. The standard InChI is InChI=1S/C15H21N7S/c1-9(2)11-19-20-14(21(11)6)23-13-10-7-18-22(15(3,4)5)12(10)16-8-17-13/h7-9H,1-6H3. The van der Waals surface area contributed by atoms with Crippen molar-refractivity contribution in [1.29, 1.82) is 0 Å². The second-order valence-corrected chi connectivity index (χ2v) is 7.76. The minimum absolute atomic E-state index is 0.131. The predicted molar refractivity (Wildman–Crippen MR) is 89.5 cm³/mol. The van der Waals surface area contributed by atoms with Gasteiger partial charge in [0.15, 0.2) is 10.8 Å². The van der Waals surface area contributed by atoms with Gasteiger partial charge in [0, 0.05) is 13.0 Å². The summed E-state index contributed by atoms with van der Waals surface area (Å²) in [5, 5.41) is 15.6.